The van der Waals surface area contributed by atoms with Crippen LogP contribution in [0.3, 0.4) is 0 Å². The largest absolute Gasteiger partial charge is 0.497 e. The zero-order valence-corrected chi connectivity index (χ0v) is 13.2. The molecule has 4 nitrogen and oxygen atoms in total. The van der Waals surface area contributed by atoms with Crippen molar-refractivity contribution in [3.63, 3.8) is 0 Å². The number of aryl methyl sites for hydroxylation is 1. The van der Waals surface area contributed by atoms with Crippen LogP contribution in [0.2, 0.25) is 0 Å². The Kier molecular flexibility index (Phi) is 4.06. The molecule has 0 aliphatic rings. The van der Waals surface area contributed by atoms with E-state index in [9.17, 15) is 4.79 Å². The molecule has 0 fully saturated rings. The van der Waals surface area contributed by atoms with Crippen LogP contribution in [0.5, 0.6) is 5.75 Å². The fourth-order valence-corrected chi connectivity index (χ4v) is 3.14. The second-order valence-corrected chi connectivity index (χ2v) is 6.03. The van der Waals surface area contributed by atoms with Gasteiger partial charge < -0.3 is 10.1 Å². The molecule has 0 spiro atoms. The molecule has 22 heavy (non-hydrogen) atoms. The van der Waals surface area contributed by atoms with Gasteiger partial charge in [0.1, 0.15) is 5.75 Å². The van der Waals surface area contributed by atoms with Gasteiger partial charge in [-0.3, -0.25) is 4.79 Å². The van der Waals surface area contributed by atoms with Crippen molar-refractivity contribution in [3.05, 3.63) is 53.6 Å². The smallest absolute Gasteiger partial charge is 0.230 e. The molecule has 3 rings (SSSR count). The van der Waals surface area contributed by atoms with Gasteiger partial charge in [-0.05, 0) is 36.2 Å². The fraction of sp³-hybridized carbons (Fsp3) is 0.176. The van der Waals surface area contributed by atoms with Gasteiger partial charge in [-0.2, -0.15) is 0 Å². The van der Waals surface area contributed by atoms with E-state index in [4.69, 9.17) is 4.74 Å². The van der Waals surface area contributed by atoms with Crippen LogP contribution >= 0.6 is 11.3 Å². The maximum atomic E-state index is 12.2. The van der Waals surface area contributed by atoms with Gasteiger partial charge in [-0.25, -0.2) is 4.98 Å². The Labute approximate surface area is 132 Å². The van der Waals surface area contributed by atoms with Crippen LogP contribution in [0, 0.1) is 6.92 Å². The number of rotatable bonds is 4. The second-order valence-electron chi connectivity index (χ2n) is 5.00. The normalized spacial score (nSPS) is 10.6. The molecule has 1 amide bonds. The summed E-state index contributed by atoms with van der Waals surface area (Å²) < 4.78 is 6.19. The third kappa shape index (κ3) is 3.09. The number of aromatic nitrogens is 1. The molecule has 112 valence electrons. The Morgan fingerprint density at radius 2 is 2.09 bits per heavy atom. The number of fused-ring (bicyclic) bond motifs is 1. The van der Waals surface area contributed by atoms with E-state index in [1.807, 2.05) is 49.4 Å². The van der Waals surface area contributed by atoms with E-state index in [1.165, 1.54) is 11.3 Å². The highest BCUT2D eigenvalue weighted by molar-refractivity contribution is 7.22. The summed E-state index contributed by atoms with van der Waals surface area (Å²) in [5.41, 5.74) is 3.01. The van der Waals surface area contributed by atoms with Crippen molar-refractivity contribution in [2.45, 2.75) is 13.3 Å². The summed E-state index contributed by atoms with van der Waals surface area (Å²) in [6.45, 7) is 2.01. The van der Waals surface area contributed by atoms with Crippen LogP contribution in [0.1, 0.15) is 11.1 Å². The number of amides is 1. The number of nitrogens with zero attached hydrogens (tertiary/aromatic N) is 1. The molecule has 5 heteroatoms. The van der Waals surface area contributed by atoms with Gasteiger partial charge in [0.25, 0.3) is 0 Å². The first-order valence-corrected chi connectivity index (χ1v) is 7.76. The van der Waals surface area contributed by atoms with Gasteiger partial charge in [0.05, 0.1) is 23.7 Å². The molecule has 0 aliphatic heterocycles. The number of hydrogen-bond donors (Lipinski definition) is 1. The lowest BCUT2D eigenvalue weighted by atomic mass is 10.1. The molecule has 0 saturated heterocycles. The molecule has 0 saturated carbocycles. The van der Waals surface area contributed by atoms with Gasteiger partial charge >= 0.3 is 0 Å². The van der Waals surface area contributed by atoms with Crippen molar-refractivity contribution in [1.29, 1.82) is 0 Å². The summed E-state index contributed by atoms with van der Waals surface area (Å²) in [4.78, 5) is 16.6. The highest BCUT2D eigenvalue weighted by atomic mass is 32.1. The maximum Gasteiger partial charge on any atom is 0.230 e. The van der Waals surface area contributed by atoms with E-state index in [1.54, 1.807) is 7.11 Å². The van der Waals surface area contributed by atoms with Crippen LogP contribution < -0.4 is 10.1 Å². The van der Waals surface area contributed by atoms with E-state index in [0.717, 1.165) is 27.1 Å². The number of hydrogen-bond acceptors (Lipinski definition) is 4. The molecule has 0 atom stereocenters. The zero-order valence-electron chi connectivity index (χ0n) is 12.4. The number of nitrogens with one attached hydrogen (secondary N) is 1. The minimum Gasteiger partial charge on any atom is -0.497 e. The van der Waals surface area contributed by atoms with Gasteiger partial charge in [-0.1, -0.05) is 35.6 Å². The molecule has 0 aliphatic carbocycles. The average molecular weight is 312 g/mol. The Bertz CT molecular complexity index is 826. The van der Waals surface area contributed by atoms with Crippen molar-refractivity contribution < 1.29 is 9.53 Å². The third-order valence-corrected chi connectivity index (χ3v) is 4.39. The number of ether oxygens (including phenoxy) is 1. The molecule has 2 aromatic carbocycles. The Morgan fingerprint density at radius 3 is 2.86 bits per heavy atom. The number of methoxy groups -OCH3 is 1. The summed E-state index contributed by atoms with van der Waals surface area (Å²) in [5.74, 6) is 0.731. The number of anilines is 1. The highest BCUT2D eigenvalue weighted by Gasteiger charge is 2.10. The summed E-state index contributed by atoms with van der Waals surface area (Å²) in [7, 11) is 1.63. The summed E-state index contributed by atoms with van der Waals surface area (Å²) in [6, 6.07) is 13.6. The minimum atomic E-state index is -0.0553. The fourth-order valence-electron chi connectivity index (χ4n) is 2.23. The molecular weight excluding hydrogens is 296 g/mol. The molecule has 0 unspecified atom stereocenters. The molecule has 0 radical (unpaired) electrons. The Hall–Kier alpha value is -2.40. The van der Waals surface area contributed by atoms with E-state index < -0.39 is 0 Å². The molecule has 0 bridgehead atoms. The molecule has 1 heterocycles. The standard InChI is InChI=1S/C17H16N2O2S/c1-11-5-3-4-6-12(11)9-16(20)19-17-18-14-8-7-13(21-2)10-15(14)22-17/h3-8,10H,9H2,1-2H3,(H,18,19,20). The predicted octanol–water partition coefficient (Wildman–Crippen LogP) is 3.79. The molecular formula is C17H16N2O2S. The summed E-state index contributed by atoms with van der Waals surface area (Å²) in [6.07, 6.45) is 0.353. The van der Waals surface area contributed by atoms with Crippen LogP contribution in [0.15, 0.2) is 42.5 Å². The van der Waals surface area contributed by atoms with E-state index in [2.05, 4.69) is 10.3 Å². The molecule has 1 N–H and O–H groups in total. The average Bonchev–Trinajstić information content (AvgIpc) is 2.90. The zero-order chi connectivity index (χ0) is 15.5. The van der Waals surface area contributed by atoms with Crippen molar-refractivity contribution in [2.24, 2.45) is 0 Å². The lowest BCUT2D eigenvalue weighted by Gasteiger charge is -2.04. The topological polar surface area (TPSA) is 51.2 Å². The minimum absolute atomic E-state index is 0.0553. The third-order valence-electron chi connectivity index (χ3n) is 3.45. The van der Waals surface area contributed by atoms with Crippen LogP contribution in [0.25, 0.3) is 10.2 Å². The lowest BCUT2D eigenvalue weighted by Crippen LogP contribution is -2.14. The predicted molar refractivity (Wildman–Crippen MR) is 89.7 cm³/mol. The van der Waals surface area contributed by atoms with Gasteiger partial charge in [0, 0.05) is 0 Å². The number of thiazole rings is 1. The Balaban J connectivity index is 1.75. The van der Waals surface area contributed by atoms with Gasteiger partial charge in [0.2, 0.25) is 5.91 Å². The first kappa shape index (κ1) is 14.5. The summed E-state index contributed by atoms with van der Waals surface area (Å²) in [5, 5.41) is 3.49. The van der Waals surface area contributed by atoms with E-state index in [0.29, 0.717) is 11.6 Å². The van der Waals surface area contributed by atoms with Gasteiger partial charge in [-0.15, -0.1) is 0 Å². The Morgan fingerprint density at radius 1 is 1.27 bits per heavy atom. The summed E-state index contributed by atoms with van der Waals surface area (Å²) >= 11 is 1.45. The van der Waals surface area contributed by atoms with E-state index >= 15 is 0 Å². The van der Waals surface area contributed by atoms with Crippen molar-refractivity contribution in [2.75, 3.05) is 12.4 Å². The van der Waals surface area contributed by atoms with Crippen LogP contribution in [0.4, 0.5) is 5.13 Å². The lowest BCUT2D eigenvalue weighted by molar-refractivity contribution is -0.115. The first-order chi connectivity index (χ1) is 10.7. The van der Waals surface area contributed by atoms with Gasteiger partial charge in [0.15, 0.2) is 5.13 Å². The van der Waals surface area contributed by atoms with Crippen LogP contribution in [-0.2, 0) is 11.2 Å². The number of carbonyl (C=O) groups is 1. The molecule has 1 aromatic heterocycles. The van der Waals surface area contributed by atoms with Crippen molar-refractivity contribution in [1.82, 2.24) is 4.98 Å². The second kappa shape index (κ2) is 6.15. The first-order valence-electron chi connectivity index (χ1n) is 6.94. The monoisotopic (exact) mass is 312 g/mol. The van der Waals surface area contributed by atoms with Crippen LogP contribution in [-0.4, -0.2) is 18.0 Å². The number of carbonyl (C=O) groups excluding carboxylic acids is 1. The van der Waals surface area contributed by atoms with Crippen molar-refractivity contribution >= 4 is 32.6 Å². The maximum absolute atomic E-state index is 12.2. The van der Waals surface area contributed by atoms with Crippen molar-refractivity contribution in [3.8, 4) is 5.75 Å². The highest BCUT2D eigenvalue weighted by Crippen LogP contribution is 2.29. The quantitative estimate of drug-likeness (QED) is 0.797. The molecule has 3 aromatic rings. The van der Waals surface area contributed by atoms with E-state index in [-0.39, 0.29) is 5.91 Å². The number of benzene rings is 2. The SMILES string of the molecule is COc1ccc2nc(NC(=O)Cc3ccccc3C)sc2c1.